The van der Waals surface area contributed by atoms with E-state index < -0.39 is 0 Å². The summed E-state index contributed by atoms with van der Waals surface area (Å²) in [6.07, 6.45) is 6.70. The van der Waals surface area contributed by atoms with Crippen LogP contribution in [0, 0.1) is 11.8 Å². The summed E-state index contributed by atoms with van der Waals surface area (Å²) in [5, 5.41) is 0. The maximum atomic E-state index is 12.2. The highest BCUT2D eigenvalue weighted by Crippen LogP contribution is 2.41. The number of esters is 1. The first-order valence-corrected chi connectivity index (χ1v) is 8.47. The number of aromatic nitrogens is 1. The fraction of sp³-hybridized carbons (Fsp3) is 0.667. The smallest absolute Gasteiger partial charge is 0.341 e. The minimum Gasteiger partial charge on any atom is -0.465 e. The van der Waals surface area contributed by atoms with Crippen LogP contribution in [0.3, 0.4) is 0 Å². The van der Waals surface area contributed by atoms with Crippen LogP contribution in [0.1, 0.15) is 61.4 Å². The van der Waals surface area contributed by atoms with E-state index in [0.29, 0.717) is 17.4 Å². The van der Waals surface area contributed by atoms with Crippen molar-refractivity contribution in [3.05, 3.63) is 23.4 Å². The zero-order valence-corrected chi connectivity index (χ0v) is 13.8. The highest BCUT2D eigenvalue weighted by molar-refractivity contribution is 5.95. The molecule has 22 heavy (non-hydrogen) atoms. The van der Waals surface area contributed by atoms with Crippen LogP contribution in [-0.4, -0.2) is 31.2 Å². The Hall–Kier alpha value is -1.58. The third-order valence-electron chi connectivity index (χ3n) is 5.28. The summed E-state index contributed by atoms with van der Waals surface area (Å²) in [6, 6.07) is 2.00. The molecule has 1 aliphatic heterocycles. The van der Waals surface area contributed by atoms with Crippen molar-refractivity contribution in [2.24, 2.45) is 11.8 Å². The van der Waals surface area contributed by atoms with Crippen molar-refractivity contribution in [2.45, 2.75) is 45.4 Å². The summed E-state index contributed by atoms with van der Waals surface area (Å²) >= 11 is 0. The molecule has 120 valence electrons. The van der Waals surface area contributed by atoms with E-state index in [2.05, 4.69) is 23.7 Å². The molecular formula is C18H26N2O2. The van der Waals surface area contributed by atoms with Gasteiger partial charge in [-0.25, -0.2) is 9.78 Å². The summed E-state index contributed by atoms with van der Waals surface area (Å²) in [5.41, 5.74) is 1.82. The van der Waals surface area contributed by atoms with Gasteiger partial charge in [-0.3, -0.25) is 0 Å². The first kappa shape index (κ1) is 15.3. The first-order chi connectivity index (χ1) is 10.6. The van der Waals surface area contributed by atoms with E-state index in [-0.39, 0.29) is 5.97 Å². The molecular weight excluding hydrogens is 276 g/mol. The Morgan fingerprint density at radius 3 is 2.82 bits per heavy atom. The fourth-order valence-electron chi connectivity index (χ4n) is 3.50. The Morgan fingerprint density at radius 2 is 2.18 bits per heavy atom. The number of piperidine rings is 1. The van der Waals surface area contributed by atoms with Gasteiger partial charge in [-0.15, -0.1) is 0 Å². The lowest BCUT2D eigenvalue weighted by molar-refractivity contribution is 0.0600. The Morgan fingerprint density at radius 1 is 1.41 bits per heavy atom. The molecule has 3 rings (SSSR count). The lowest BCUT2D eigenvalue weighted by Gasteiger charge is -2.38. The largest absolute Gasteiger partial charge is 0.465 e. The molecule has 2 aliphatic rings. The zero-order valence-electron chi connectivity index (χ0n) is 13.8. The van der Waals surface area contributed by atoms with Gasteiger partial charge in [-0.2, -0.15) is 0 Å². The maximum absolute atomic E-state index is 12.2. The highest BCUT2D eigenvalue weighted by Gasteiger charge is 2.30. The number of carbonyl (C=O) groups excluding carboxylic acids is 1. The lowest BCUT2D eigenvalue weighted by Crippen LogP contribution is -2.40. The summed E-state index contributed by atoms with van der Waals surface area (Å²) in [6.45, 7) is 6.53. The minimum absolute atomic E-state index is 0.267. The van der Waals surface area contributed by atoms with Crippen LogP contribution in [0.2, 0.25) is 0 Å². The van der Waals surface area contributed by atoms with Gasteiger partial charge in [0.25, 0.3) is 0 Å². The van der Waals surface area contributed by atoms with Crippen molar-refractivity contribution >= 4 is 11.8 Å². The molecule has 2 unspecified atom stereocenters. The molecule has 1 aliphatic carbocycles. The zero-order chi connectivity index (χ0) is 15.7. The summed E-state index contributed by atoms with van der Waals surface area (Å²) in [7, 11) is 1.45. The van der Waals surface area contributed by atoms with Gasteiger partial charge in [0.15, 0.2) is 0 Å². The Balaban J connectivity index is 1.90. The molecule has 0 aromatic carbocycles. The van der Waals surface area contributed by atoms with E-state index >= 15 is 0 Å². The monoisotopic (exact) mass is 302 g/mol. The molecule has 0 radical (unpaired) electrons. The summed E-state index contributed by atoms with van der Waals surface area (Å²) in [4.78, 5) is 19.1. The second-order valence-corrected chi connectivity index (χ2v) is 6.79. The van der Waals surface area contributed by atoms with Crippen molar-refractivity contribution in [2.75, 3.05) is 25.1 Å². The molecule has 2 atom stereocenters. The number of pyridine rings is 1. The number of ether oxygens (including phenoxy) is 1. The normalized spacial score (nSPS) is 25.1. The molecule has 0 amide bonds. The van der Waals surface area contributed by atoms with Crippen molar-refractivity contribution in [1.82, 2.24) is 4.98 Å². The van der Waals surface area contributed by atoms with Gasteiger partial charge in [-0.1, -0.05) is 20.3 Å². The second kappa shape index (κ2) is 6.27. The van der Waals surface area contributed by atoms with E-state index in [9.17, 15) is 4.79 Å². The molecule has 2 heterocycles. The second-order valence-electron chi connectivity index (χ2n) is 6.79. The van der Waals surface area contributed by atoms with Gasteiger partial charge in [0, 0.05) is 19.3 Å². The van der Waals surface area contributed by atoms with E-state index in [1.165, 1.54) is 31.9 Å². The van der Waals surface area contributed by atoms with Crippen LogP contribution in [0.15, 0.2) is 12.3 Å². The average molecular weight is 302 g/mol. The Kier molecular flexibility index (Phi) is 4.37. The first-order valence-electron chi connectivity index (χ1n) is 8.47. The Bertz CT molecular complexity index is 554. The standard InChI is InChI=1S/C18H26N2O2/c1-4-13-11-20(8-7-12(13)2)17-16(18(21)22-3)9-15(10-19-17)14-5-6-14/h9-10,12-14H,4-8,11H2,1-3H3. The van der Waals surface area contributed by atoms with Crippen LogP contribution in [0.4, 0.5) is 5.82 Å². The summed E-state index contributed by atoms with van der Waals surface area (Å²) < 4.78 is 4.99. The van der Waals surface area contributed by atoms with E-state index in [0.717, 1.165) is 31.2 Å². The molecule has 1 saturated carbocycles. The van der Waals surface area contributed by atoms with Crippen molar-refractivity contribution < 1.29 is 9.53 Å². The number of carbonyl (C=O) groups is 1. The SMILES string of the molecule is CCC1CN(c2ncc(C3CC3)cc2C(=O)OC)CCC1C. The van der Waals surface area contributed by atoms with E-state index in [1.807, 2.05) is 12.3 Å². The van der Waals surface area contributed by atoms with Crippen LogP contribution in [0.5, 0.6) is 0 Å². The third-order valence-corrected chi connectivity index (χ3v) is 5.28. The van der Waals surface area contributed by atoms with E-state index in [4.69, 9.17) is 4.74 Å². The van der Waals surface area contributed by atoms with Gasteiger partial charge in [-0.05, 0) is 48.6 Å². The predicted octanol–water partition coefficient (Wildman–Crippen LogP) is 3.62. The summed E-state index contributed by atoms with van der Waals surface area (Å²) in [5.74, 6) is 2.55. The number of anilines is 1. The molecule has 0 N–H and O–H groups in total. The van der Waals surface area contributed by atoms with Crippen LogP contribution in [-0.2, 0) is 4.74 Å². The molecule has 1 aromatic heterocycles. The molecule has 2 fully saturated rings. The fourth-order valence-corrected chi connectivity index (χ4v) is 3.50. The topological polar surface area (TPSA) is 42.4 Å². The highest BCUT2D eigenvalue weighted by atomic mass is 16.5. The van der Waals surface area contributed by atoms with Crippen molar-refractivity contribution in [3.8, 4) is 0 Å². The number of hydrogen-bond acceptors (Lipinski definition) is 4. The molecule has 1 aromatic rings. The lowest BCUT2D eigenvalue weighted by atomic mass is 9.85. The van der Waals surface area contributed by atoms with Gasteiger partial charge in [0.1, 0.15) is 11.4 Å². The van der Waals surface area contributed by atoms with Gasteiger partial charge in [0.05, 0.1) is 7.11 Å². The quantitative estimate of drug-likeness (QED) is 0.797. The van der Waals surface area contributed by atoms with Crippen molar-refractivity contribution in [1.29, 1.82) is 0 Å². The number of rotatable bonds is 4. The van der Waals surface area contributed by atoms with Crippen LogP contribution >= 0.6 is 0 Å². The van der Waals surface area contributed by atoms with Crippen molar-refractivity contribution in [3.63, 3.8) is 0 Å². The van der Waals surface area contributed by atoms with Crippen LogP contribution < -0.4 is 4.90 Å². The molecule has 1 saturated heterocycles. The molecule has 0 bridgehead atoms. The predicted molar refractivity (Wildman–Crippen MR) is 87.3 cm³/mol. The molecule has 0 spiro atoms. The number of methoxy groups -OCH3 is 1. The number of nitrogens with zero attached hydrogens (tertiary/aromatic N) is 2. The molecule has 4 heteroatoms. The van der Waals surface area contributed by atoms with Gasteiger partial charge < -0.3 is 9.64 Å². The molecule has 4 nitrogen and oxygen atoms in total. The van der Waals surface area contributed by atoms with Crippen LogP contribution in [0.25, 0.3) is 0 Å². The third kappa shape index (κ3) is 2.96. The number of hydrogen-bond donors (Lipinski definition) is 0. The minimum atomic E-state index is -0.267. The van der Waals surface area contributed by atoms with E-state index in [1.54, 1.807) is 0 Å². The Labute approximate surface area is 132 Å². The van der Waals surface area contributed by atoms with Gasteiger partial charge >= 0.3 is 5.97 Å². The average Bonchev–Trinajstić information content (AvgIpc) is 3.39. The van der Waals surface area contributed by atoms with Gasteiger partial charge in [0.2, 0.25) is 0 Å². The maximum Gasteiger partial charge on any atom is 0.341 e.